The van der Waals surface area contributed by atoms with Crippen molar-refractivity contribution >= 4 is 24.1 Å². The first-order valence-corrected chi connectivity index (χ1v) is 5.56. The monoisotopic (exact) mass is 243 g/mol. The number of pyridine rings is 1. The van der Waals surface area contributed by atoms with Crippen molar-refractivity contribution in [3.8, 4) is 0 Å². The SMILES string of the molecule is Nc1ncccc1NCc1cccc(B(O)O)c1. The Hall–Kier alpha value is -2.05. The summed E-state index contributed by atoms with van der Waals surface area (Å²) in [5.41, 5.74) is 7.87. The summed E-state index contributed by atoms with van der Waals surface area (Å²) in [5, 5.41) is 21.3. The highest BCUT2D eigenvalue weighted by atomic mass is 16.4. The molecule has 0 aliphatic carbocycles. The minimum atomic E-state index is -1.45. The lowest BCUT2D eigenvalue weighted by Crippen LogP contribution is -2.30. The van der Waals surface area contributed by atoms with Crippen LogP contribution in [0.1, 0.15) is 5.56 Å². The van der Waals surface area contributed by atoms with E-state index in [9.17, 15) is 0 Å². The van der Waals surface area contributed by atoms with E-state index >= 15 is 0 Å². The molecule has 0 amide bonds. The largest absolute Gasteiger partial charge is 0.488 e. The molecule has 0 atom stereocenters. The molecule has 0 aliphatic heterocycles. The van der Waals surface area contributed by atoms with Crippen LogP contribution >= 0.6 is 0 Å². The molecule has 2 rings (SSSR count). The Kier molecular flexibility index (Phi) is 3.81. The number of hydrogen-bond acceptors (Lipinski definition) is 5. The first kappa shape index (κ1) is 12.4. The van der Waals surface area contributed by atoms with Crippen molar-refractivity contribution in [2.24, 2.45) is 0 Å². The van der Waals surface area contributed by atoms with Gasteiger partial charge in [-0.25, -0.2) is 4.98 Å². The molecule has 18 heavy (non-hydrogen) atoms. The van der Waals surface area contributed by atoms with Crippen molar-refractivity contribution in [1.29, 1.82) is 0 Å². The van der Waals surface area contributed by atoms with E-state index in [0.717, 1.165) is 11.3 Å². The van der Waals surface area contributed by atoms with Crippen molar-refractivity contribution in [2.45, 2.75) is 6.54 Å². The minimum Gasteiger partial charge on any atom is -0.423 e. The fourth-order valence-electron chi connectivity index (χ4n) is 1.63. The zero-order valence-electron chi connectivity index (χ0n) is 9.74. The summed E-state index contributed by atoms with van der Waals surface area (Å²) in [7, 11) is -1.45. The molecule has 92 valence electrons. The number of nitrogens with one attached hydrogen (secondary N) is 1. The molecule has 0 unspecified atom stereocenters. The van der Waals surface area contributed by atoms with Crippen LogP contribution in [0.15, 0.2) is 42.6 Å². The first-order valence-electron chi connectivity index (χ1n) is 5.56. The molecule has 0 fully saturated rings. The maximum atomic E-state index is 9.08. The lowest BCUT2D eigenvalue weighted by atomic mass is 9.79. The molecule has 2 aromatic rings. The second kappa shape index (κ2) is 5.53. The highest BCUT2D eigenvalue weighted by Crippen LogP contribution is 2.14. The Bertz CT molecular complexity index is 534. The standard InChI is InChI=1S/C12H14BN3O2/c14-12-11(5-2-6-15-12)16-8-9-3-1-4-10(7-9)13(17)18/h1-7,16-18H,8H2,(H2,14,15). The van der Waals surface area contributed by atoms with Gasteiger partial charge in [-0.1, -0.05) is 24.3 Å². The molecule has 0 spiro atoms. The van der Waals surface area contributed by atoms with Crippen molar-refractivity contribution in [2.75, 3.05) is 11.1 Å². The summed E-state index contributed by atoms with van der Waals surface area (Å²) in [6.45, 7) is 0.538. The van der Waals surface area contributed by atoms with E-state index in [1.807, 2.05) is 12.1 Å². The number of rotatable bonds is 4. The number of benzene rings is 1. The highest BCUT2D eigenvalue weighted by molar-refractivity contribution is 6.58. The smallest absolute Gasteiger partial charge is 0.423 e. The third-order valence-corrected chi connectivity index (χ3v) is 2.57. The molecule has 1 aromatic heterocycles. The van der Waals surface area contributed by atoms with Gasteiger partial charge in [-0.15, -0.1) is 0 Å². The van der Waals surface area contributed by atoms with Gasteiger partial charge in [0.05, 0.1) is 5.69 Å². The first-order chi connectivity index (χ1) is 8.66. The van der Waals surface area contributed by atoms with E-state index in [0.29, 0.717) is 17.8 Å². The summed E-state index contributed by atoms with van der Waals surface area (Å²) >= 11 is 0. The van der Waals surface area contributed by atoms with Gasteiger partial charge in [0, 0.05) is 12.7 Å². The number of nitrogens with zero attached hydrogens (tertiary/aromatic N) is 1. The van der Waals surface area contributed by atoms with Crippen molar-refractivity contribution in [3.63, 3.8) is 0 Å². The minimum absolute atomic E-state index is 0.441. The Labute approximate surface area is 105 Å². The molecule has 0 radical (unpaired) electrons. The molecular formula is C12H14BN3O2. The van der Waals surface area contributed by atoms with E-state index in [2.05, 4.69) is 10.3 Å². The second-order valence-corrected chi connectivity index (χ2v) is 3.91. The summed E-state index contributed by atoms with van der Waals surface area (Å²) < 4.78 is 0. The van der Waals surface area contributed by atoms with Crippen LogP contribution in [0.2, 0.25) is 0 Å². The highest BCUT2D eigenvalue weighted by Gasteiger charge is 2.10. The Morgan fingerprint density at radius 1 is 1.22 bits per heavy atom. The zero-order valence-corrected chi connectivity index (χ0v) is 9.74. The van der Waals surface area contributed by atoms with E-state index in [1.165, 1.54) is 0 Å². The average molecular weight is 243 g/mol. The van der Waals surface area contributed by atoms with E-state index in [4.69, 9.17) is 15.8 Å². The number of hydrogen-bond donors (Lipinski definition) is 4. The van der Waals surface area contributed by atoms with Gasteiger partial charge in [-0.05, 0) is 23.2 Å². The molecule has 0 saturated heterocycles. The zero-order chi connectivity index (χ0) is 13.0. The fraction of sp³-hybridized carbons (Fsp3) is 0.0833. The van der Waals surface area contributed by atoms with E-state index in [1.54, 1.807) is 30.5 Å². The Morgan fingerprint density at radius 3 is 2.78 bits per heavy atom. The molecular weight excluding hydrogens is 229 g/mol. The number of anilines is 2. The van der Waals surface area contributed by atoms with Crippen LogP contribution < -0.4 is 16.5 Å². The van der Waals surface area contributed by atoms with E-state index < -0.39 is 7.12 Å². The molecule has 0 aliphatic rings. The van der Waals surface area contributed by atoms with Gasteiger partial charge < -0.3 is 21.1 Å². The van der Waals surface area contributed by atoms with Crippen molar-refractivity contribution < 1.29 is 10.0 Å². The van der Waals surface area contributed by atoms with Crippen LogP contribution in [0.3, 0.4) is 0 Å². The summed E-state index contributed by atoms with van der Waals surface area (Å²) in [6.07, 6.45) is 1.63. The number of aromatic nitrogens is 1. The maximum absolute atomic E-state index is 9.08. The summed E-state index contributed by atoms with van der Waals surface area (Å²) in [4.78, 5) is 3.97. The normalized spacial score (nSPS) is 10.1. The average Bonchev–Trinajstić information content (AvgIpc) is 2.38. The Balaban J connectivity index is 2.07. The lowest BCUT2D eigenvalue weighted by molar-refractivity contribution is 0.425. The van der Waals surface area contributed by atoms with Gasteiger partial charge in [-0.2, -0.15) is 0 Å². The Morgan fingerprint density at radius 2 is 2.06 bits per heavy atom. The molecule has 1 heterocycles. The predicted molar refractivity (Wildman–Crippen MR) is 72.2 cm³/mol. The topological polar surface area (TPSA) is 91.4 Å². The molecule has 1 aromatic carbocycles. The molecule has 6 heteroatoms. The predicted octanol–water partition coefficient (Wildman–Crippen LogP) is -0.0443. The fourth-order valence-corrected chi connectivity index (χ4v) is 1.63. The molecule has 0 bridgehead atoms. The molecule has 5 nitrogen and oxygen atoms in total. The van der Waals surface area contributed by atoms with Crippen molar-refractivity contribution in [1.82, 2.24) is 4.98 Å². The second-order valence-electron chi connectivity index (χ2n) is 3.91. The quantitative estimate of drug-likeness (QED) is 0.565. The maximum Gasteiger partial charge on any atom is 0.488 e. The molecule has 5 N–H and O–H groups in total. The third kappa shape index (κ3) is 3.00. The molecule has 0 saturated carbocycles. The number of nitrogen functional groups attached to an aromatic ring is 1. The summed E-state index contributed by atoms with van der Waals surface area (Å²) in [5.74, 6) is 0.441. The van der Waals surface area contributed by atoms with Crippen LogP contribution in [-0.4, -0.2) is 22.2 Å². The summed E-state index contributed by atoms with van der Waals surface area (Å²) in [6, 6.07) is 10.7. The van der Waals surface area contributed by atoms with Crippen LogP contribution in [0.4, 0.5) is 11.5 Å². The van der Waals surface area contributed by atoms with Gasteiger partial charge in [0.2, 0.25) is 0 Å². The van der Waals surface area contributed by atoms with Gasteiger partial charge >= 0.3 is 7.12 Å². The van der Waals surface area contributed by atoms with Gasteiger partial charge in [0.15, 0.2) is 0 Å². The van der Waals surface area contributed by atoms with Crippen LogP contribution in [0.25, 0.3) is 0 Å². The lowest BCUT2D eigenvalue weighted by Gasteiger charge is -2.09. The number of nitrogens with two attached hydrogens (primary N) is 1. The van der Waals surface area contributed by atoms with Gasteiger partial charge in [0.25, 0.3) is 0 Å². The van der Waals surface area contributed by atoms with Crippen LogP contribution in [-0.2, 0) is 6.54 Å². The van der Waals surface area contributed by atoms with Crippen LogP contribution in [0, 0.1) is 0 Å². The van der Waals surface area contributed by atoms with Gasteiger partial charge in [-0.3, -0.25) is 0 Å². The van der Waals surface area contributed by atoms with Gasteiger partial charge in [0.1, 0.15) is 5.82 Å². The third-order valence-electron chi connectivity index (χ3n) is 2.57. The van der Waals surface area contributed by atoms with Crippen LogP contribution in [0.5, 0.6) is 0 Å². The van der Waals surface area contributed by atoms with E-state index in [-0.39, 0.29) is 0 Å². The van der Waals surface area contributed by atoms with Crippen molar-refractivity contribution in [3.05, 3.63) is 48.2 Å².